The summed E-state index contributed by atoms with van der Waals surface area (Å²) in [6, 6.07) is 0. The van der Waals surface area contributed by atoms with Gasteiger partial charge in [0.2, 0.25) is 0 Å². The number of carbonyl (C=O) groups excluding carboxylic acids is 3. The predicted molar refractivity (Wildman–Crippen MR) is 271 cm³/mol. The average molecular weight is 889 g/mol. The molecule has 0 radical (unpaired) electrons. The van der Waals surface area contributed by atoms with Crippen LogP contribution in [0.2, 0.25) is 0 Å². The molecule has 0 saturated heterocycles. The zero-order valence-corrected chi connectivity index (χ0v) is 42.4. The van der Waals surface area contributed by atoms with Gasteiger partial charge in [0.25, 0.3) is 0 Å². The van der Waals surface area contributed by atoms with Gasteiger partial charge in [0, 0.05) is 19.3 Å². The molecule has 0 rings (SSSR count). The zero-order valence-electron chi connectivity index (χ0n) is 42.4. The minimum atomic E-state index is -2.81. The lowest BCUT2D eigenvalue weighted by Gasteiger charge is -2.34. The highest BCUT2D eigenvalue weighted by molar-refractivity contribution is 6.01. The molecule has 0 aliphatic carbocycles. The first-order valence-electron chi connectivity index (χ1n) is 28.1. The monoisotopic (exact) mass is 889 g/mol. The minimum absolute atomic E-state index is 0.0162. The van der Waals surface area contributed by atoms with E-state index in [2.05, 4.69) is 32.9 Å². The summed E-state index contributed by atoms with van der Waals surface area (Å²) in [4.78, 5) is 40.2. The van der Waals surface area contributed by atoms with Crippen LogP contribution in [-0.4, -0.2) is 50.5 Å². The Morgan fingerprint density at radius 2 is 0.540 bits per heavy atom. The van der Waals surface area contributed by atoms with Crippen molar-refractivity contribution in [1.82, 2.24) is 0 Å². The topological polar surface area (TPSA) is 112 Å². The van der Waals surface area contributed by atoms with Gasteiger partial charge in [-0.05, 0) is 44.9 Å². The number of unbranched alkanes of at least 4 members (excludes halogenated alkanes) is 39. The second-order valence-corrected chi connectivity index (χ2v) is 19.7. The minimum Gasteiger partial charge on any atom is -0.382 e. The number of aliphatic hydroxyl groups excluding tert-OH is 2. The maximum atomic E-state index is 13.6. The van der Waals surface area contributed by atoms with Crippen LogP contribution in [0.25, 0.3) is 0 Å². The van der Waals surface area contributed by atoms with E-state index in [4.69, 9.17) is 0 Å². The molecule has 0 aromatic heterocycles. The normalized spacial score (nSPS) is 13.7. The van der Waals surface area contributed by atoms with Crippen molar-refractivity contribution in [1.29, 1.82) is 0 Å². The number of Topliss-reactive ketones (excluding diaryl/α,β-unsaturated/α-hetero) is 3. The Hall–Kier alpha value is -1.37. The van der Waals surface area contributed by atoms with E-state index in [9.17, 15) is 29.7 Å². The molecule has 0 aliphatic heterocycles. The van der Waals surface area contributed by atoms with Gasteiger partial charge in [-0.15, -0.1) is 0 Å². The van der Waals surface area contributed by atoms with Crippen LogP contribution >= 0.6 is 0 Å². The largest absolute Gasteiger partial charge is 0.382 e. The summed E-state index contributed by atoms with van der Waals surface area (Å²) in [5.41, 5.74) is -2.81. The lowest BCUT2D eigenvalue weighted by molar-refractivity contribution is -0.181. The van der Waals surface area contributed by atoms with Gasteiger partial charge < -0.3 is 15.3 Å². The van der Waals surface area contributed by atoms with Crippen LogP contribution < -0.4 is 0 Å². The number of allylic oxidation sites excluding steroid dienone is 2. The fourth-order valence-electron chi connectivity index (χ4n) is 9.12. The van der Waals surface area contributed by atoms with Crippen molar-refractivity contribution in [2.45, 2.75) is 334 Å². The number of hydrogen-bond donors (Lipinski definition) is 3. The highest BCUT2D eigenvalue weighted by atomic mass is 16.4. The molecule has 0 bridgehead atoms. The number of hydrogen-bond acceptors (Lipinski definition) is 6. The van der Waals surface area contributed by atoms with E-state index in [-0.39, 0.29) is 19.3 Å². The molecule has 0 aromatic rings. The maximum absolute atomic E-state index is 13.6. The van der Waals surface area contributed by atoms with Crippen LogP contribution in [0.1, 0.15) is 316 Å². The molecule has 0 aliphatic rings. The third-order valence-corrected chi connectivity index (χ3v) is 13.6. The number of carbonyl (C=O) groups is 3. The molecule has 0 aromatic carbocycles. The molecular formula is C57H108O6. The number of ketones is 3. The molecule has 372 valence electrons. The summed E-state index contributed by atoms with van der Waals surface area (Å²) in [7, 11) is 0. The van der Waals surface area contributed by atoms with Crippen molar-refractivity contribution in [2.24, 2.45) is 0 Å². The van der Waals surface area contributed by atoms with Crippen molar-refractivity contribution < 1.29 is 29.7 Å². The predicted octanol–water partition coefficient (Wildman–Crippen LogP) is 16.7. The van der Waals surface area contributed by atoms with Gasteiger partial charge in [-0.1, -0.05) is 264 Å². The van der Waals surface area contributed by atoms with E-state index in [1.54, 1.807) is 0 Å². The van der Waals surface area contributed by atoms with Gasteiger partial charge in [0.15, 0.2) is 35.2 Å². The SMILES string of the molecule is CCCCCCCCC=CCCCCCCCC(=O)C(O)(C(O)C(=O)CCCCCCCCCCCCCCCCC)C(O)C(=O)CCCCCCCCCCCCCCCCC. The summed E-state index contributed by atoms with van der Waals surface area (Å²) in [5.74, 6) is -2.12. The average Bonchev–Trinajstić information content (AvgIpc) is 3.29. The molecule has 6 heteroatoms. The first-order valence-corrected chi connectivity index (χ1v) is 28.1. The van der Waals surface area contributed by atoms with Gasteiger partial charge in [0.05, 0.1) is 0 Å². The summed E-state index contributed by atoms with van der Waals surface area (Å²) < 4.78 is 0. The molecule has 2 unspecified atom stereocenters. The zero-order chi connectivity index (χ0) is 46.3. The van der Waals surface area contributed by atoms with E-state index in [0.717, 1.165) is 77.0 Å². The van der Waals surface area contributed by atoms with Crippen LogP contribution in [-0.2, 0) is 14.4 Å². The van der Waals surface area contributed by atoms with Crippen molar-refractivity contribution in [3.63, 3.8) is 0 Å². The quantitative estimate of drug-likeness (QED) is 0.0414. The van der Waals surface area contributed by atoms with Crippen molar-refractivity contribution >= 4 is 17.3 Å². The van der Waals surface area contributed by atoms with Crippen LogP contribution in [0.5, 0.6) is 0 Å². The second-order valence-electron chi connectivity index (χ2n) is 19.7. The van der Waals surface area contributed by atoms with Crippen LogP contribution in [0.4, 0.5) is 0 Å². The molecular weight excluding hydrogens is 781 g/mol. The first-order chi connectivity index (χ1) is 30.8. The standard InChI is InChI=1S/C57H108O6/c1-4-7-10-13-16-19-22-25-28-31-34-37-40-43-46-49-52(58)55(61)57(63,54(60)51-48-45-42-39-36-33-30-27-24-21-18-15-12-9-6-3)56(62)53(59)50-47-44-41-38-35-32-29-26-23-20-17-14-11-8-5-2/h27,30,55-56,61-63H,4-26,28-29,31-51H2,1-3H3. The lowest BCUT2D eigenvalue weighted by atomic mass is 9.78. The first kappa shape index (κ1) is 61.6. The fraction of sp³-hybridized carbons (Fsp3) is 0.912. The van der Waals surface area contributed by atoms with E-state index in [1.165, 1.54) is 180 Å². The van der Waals surface area contributed by atoms with Crippen molar-refractivity contribution in [2.75, 3.05) is 0 Å². The van der Waals surface area contributed by atoms with Crippen LogP contribution in [0.3, 0.4) is 0 Å². The smallest absolute Gasteiger partial charge is 0.189 e. The van der Waals surface area contributed by atoms with Gasteiger partial charge >= 0.3 is 0 Å². The highest BCUT2D eigenvalue weighted by Crippen LogP contribution is 2.26. The van der Waals surface area contributed by atoms with E-state index >= 15 is 0 Å². The Balaban J connectivity index is 4.76. The molecule has 0 saturated carbocycles. The Morgan fingerprint density at radius 3 is 0.794 bits per heavy atom. The molecule has 6 nitrogen and oxygen atoms in total. The molecule has 2 atom stereocenters. The van der Waals surface area contributed by atoms with Gasteiger partial charge in [0.1, 0.15) is 0 Å². The van der Waals surface area contributed by atoms with E-state index in [0.29, 0.717) is 19.3 Å². The van der Waals surface area contributed by atoms with Crippen molar-refractivity contribution in [3.8, 4) is 0 Å². The molecule has 63 heavy (non-hydrogen) atoms. The fourth-order valence-corrected chi connectivity index (χ4v) is 9.12. The van der Waals surface area contributed by atoms with Gasteiger partial charge in [-0.2, -0.15) is 0 Å². The third kappa shape index (κ3) is 36.4. The molecule has 0 spiro atoms. The van der Waals surface area contributed by atoms with E-state index < -0.39 is 35.2 Å². The van der Waals surface area contributed by atoms with Crippen LogP contribution in [0, 0.1) is 0 Å². The Morgan fingerprint density at radius 1 is 0.333 bits per heavy atom. The Kier molecular flexibility index (Phi) is 46.1. The molecule has 0 fully saturated rings. The Labute approximate surface area is 391 Å². The summed E-state index contributed by atoms with van der Waals surface area (Å²) in [6.07, 6.45) is 50.7. The van der Waals surface area contributed by atoms with E-state index in [1.807, 2.05) is 0 Å². The van der Waals surface area contributed by atoms with Crippen molar-refractivity contribution in [3.05, 3.63) is 12.2 Å². The summed E-state index contributed by atoms with van der Waals surface area (Å²) in [6.45, 7) is 6.77. The maximum Gasteiger partial charge on any atom is 0.189 e. The third-order valence-electron chi connectivity index (χ3n) is 13.6. The highest BCUT2D eigenvalue weighted by Gasteiger charge is 2.53. The molecule has 3 N–H and O–H groups in total. The number of aliphatic hydroxyl groups is 3. The lowest BCUT2D eigenvalue weighted by Crippen LogP contribution is -2.63. The summed E-state index contributed by atoms with van der Waals surface area (Å²) in [5, 5.41) is 34.2. The summed E-state index contributed by atoms with van der Waals surface area (Å²) >= 11 is 0. The number of rotatable bonds is 52. The van der Waals surface area contributed by atoms with Crippen LogP contribution in [0.15, 0.2) is 12.2 Å². The Bertz CT molecular complexity index is 986. The molecule has 0 heterocycles. The molecule has 0 amide bonds. The van der Waals surface area contributed by atoms with Gasteiger partial charge in [-0.3, -0.25) is 14.4 Å². The van der Waals surface area contributed by atoms with Gasteiger partial charge in [-0.25, -0.2) is 0 Å². The second kappa shape index (κ2) is 47.1.